The average molecular weight is 155 g/mol. The van der Waals surface area contributed by atoms with Gasteiger partial charge in [-0.2, -0.15) is 0 Å². The molecule has 0 fully saturated rings. The average Bonchev–Trinajstić information content (AvgIpc) is 2.05. The van der Waals surface area contributed by atoms with Gasteiger partial charge in [-0.25, -0.2) is 0 Å². The normalized spacial score (nSPS) is 26.5. The Bertz CT molecular complexity index is 177. The van der Waals surface area contributed by atoms with Gasteiger partial charge in [0.1, 0.15) is 6.04 Å². The molecule has 62 valence electrons. The van der Waals surface area contributed by atoms with Crippen LogP contribution in [0.5, 0.6) is 0 Å². The van der Waals surface area contributed by atoms with Crippen molar-refractivity contribution in [2.24, 2.45) is 11.7 Å². The van der Waals surface area contributed by atoms with Crippen molar-refractivity contribution in [3.8, 4) is 0 Å². The Kier molecular flexibility index (Phi) is 2.65. The summed E-state index contributed by atoms with van der Waals surface area (Å²) < 4.78 is 0. The Labute approximate surface area is 65.9 Å². The van der Waals surface area contributed by atoms with E-state index in [2.05, 4.69) is 6.08 Å². The minimum Gasteiger partial charge on any atom is -0.480 e. The molecule has 0 unspecified atom stereocenters. The molecule has 0 heterocycles. The molecular weight excluding hydrogens is 142 g/mol. The Morgan fingerprint density at radius 2 is 2.36 bits per heavy atom. The molecule has 3 nitrogen and oxygen atoms in total. The quantitative estimate of drug-likeness (QED) is 0.578. The maximum absolute atomic E-state index is 10.4. The van der Waals surface area contributed by atoms with Crippen LogP contribution >= 0.6 is 0 Å². The second-order valence-corrected chi connectivity index (χ2v) is 2.91. The molecule has 0 saturated carbocycles. The van der Waals surface area contributed by atoms with Crippen LogP contribution in [0.1, 0.15) is 19.3 Å². The lowest BCUT2D eigenvalue weighted by Crippen LogP contribution is -2.38. The van der Waals surface area contributed by atoms with Crippen LogP contribution in [0, 0.1) is 5.92 Å². The predicted molar refractivity (Wildman–Crippen MR) is 42.1 cm³/mol. The minimum atomic E-state index is -0.884. The molecule has 0 aromatic heterocycles. The summed E-state index contributed by atoms with van der Waals surface area (Å²) in [5, 5.41) is 8.59. The molecule has 11 heavy (non-hydrogen) atoms. The Morgan fingerprint density at radius 3 is 2.82 bits per heavy atom. The van der Waals surface area contributed by atoms with Crippen LogP contribution < -0.4 is 5.73 Å². The lowest BCUT2D eigenvalue weighted by Gasteiger charge is -2.20. The van der Waals surface area contributed by atoms with Crippen molar-refractivity contribution < 1.29 is 9.90 Å². The Morgan fingerprint density at radius 1 is 1.64 bits per heavy atom. The molecule has 1 aliphatic rings. The van der Waals surface area contributed by atoms with Gasteiger partial charge in [-0.3, -0.25) is 4.79 Å². The first kappa shape index (κ1) is 8.27. The molecule has 0 bridgehead atoms. The largest absolute Gasteiger partial charge is 0.480 e. The topological polar surface area (TPSA) is 63.3 Å². The second-order valence-electron chi connectivity index (χ2n) is 2.91. The van der Waals surface area contributed by atoms with Gasteiger partial charge in [0.2, 0.25) is 0 Å². The van der Waals surface area contributed by atoms with E-state index in [0.29, 0.717) is 0 Å². The summed E-state index contributed by atoms with van der Waals surface area (Å²) in [4.78, 5) is 10.4. The molecule has 0 aliphatic heterocycles. The van der Waals surface area contributed by atoms with Gasteiger partial charge < -0.3 is 10.8 Å². The van der Waals surface area contributed by atoms with E-state index < -0.39 is 12.0 Å². The number of rotatable bonds is 2. The van der Waals surface area contributed by atoms with Crippen molar-refractivity contribution in [2.45, 2.75) is 25.3 Å². The minimum absolute atomic E-state index is 0.137. The molecule has 0 aromatic carbocycles. The fourth-order valence-electron chi connectivity index (χ4n) is 1.34. The molecule has 3 N–H and O–H groups in total. The summed E-state index contributed by atoms with van der Waals surface area (Å²) in [6.07, 6.45) is 6.77. The molecule has 0 amide bonds. The zero-order valence-electron chi connectivity index (χ0n) is 6.36. The summed E-state index contributed by atoms with van der Waals surface area (Å²) in [5.41, 5.74) is 5.46. The highest BCUT2D eigenvalue weighted by molar-refractivity contribution is 5.73. The number of hydrogen-bond acceptors (Lipinski definition) is 2. The van der Waals surface area contributed by atoms with Crippen molar-refractivity contribution in [3.63, 3.8) is 0 Å². The molecule has 3 heteroatoms. The monoisotopic (exact) mass is 155 g/mol. The van der Waals surface area contributed by atoms with Crippen molar-refractivity contribution in [1.82, 2.24) is 0 Å². The van der Waals surface area contributed by atoms with E-state index in [0.717, 1.165) is 19.3 Å². The van der Waals surface area contributed by atoms with Gasteiger partial charge in [-0.15, -0.1) is 0 Å². The highest BCUT2D eigenvalue weighted by atomic mass is 16.4. The maximum atomic E-state index is 10.4. The molecule has 0 spiro atoms. The zero-order chi connectivity index (χ0) is 8.27. The van der Waals surface area contributed by atoms with Crippen LogP contribution in [-0.2, 0) is 4.79 Å². The van der Waals surface area contributed by atoms with E-state index in [4.69, 9.17) is 10.8 Å². The van der Waals surface area contributed by atoms with Gasteiger partial charge in [0.15, 0.2) is 0 Å². The second kappa shape index (κ2) is 3.53. The molecule has 2 atom stereocenters. The summed E-state index contributed by atoms with van der Waals surface area (Å²) in [6, 6.07) is -0.681. The van der Waals surface area contributed by atoms with E-state index in [9.17, 15) is 4.79 Å². The standard InChI is InChI=1S/C8H13NO2/c9-7(8(10)11)6-4-2-1-3-5-6/h1-2,6-7H,3-5,9H2,(H,10,11)/t6-,7-/m0/s1. The fourth-order valence-corrected chi connectivity index (χ4v) is 1.34. The van der Waals surface area contributed by atoms with Crippen LogP contribution in [-0.4, -0.2) is 17.1 Å². The van der Waals surface area contributed by atoms with E-state index in [1.165, 1.54) is 0 Å². The van der Waals surface area contributed by atoms with Crippen molar-refractivity contribution >= 4 is 5.97 Å². The fraction of sp³-hybridized carbons (Fsp3) is 0.625. The third-order valence-corrected chi connectivity index (χ3v) is 2.10. The van der Waals surface area contributed by atoms with Gasteiger partial charge in [0.25, 0.3) is 0 Å². The molecular formula is C8H13NO2. The maximum Gasteiger partial charge on any atom is 0.320 e. The summed E-state index contributed by atoms with van der Waals surface area (Å²) in [7, 11) is 0. The van der Waals surface area contributed by atoms with Gasteiger partial charge in [0.05, 0.1) is 0 Å². The number of allylic oxidation sites excluding steroid dienone is 2. The first-order valence-corrected chi connectivity index (χ1v) is 3.85. The van der Waals surface area contributed by atoms with Gasteiger partial charge in [-0.05, 0) is 25.2 Å². The van der Waals surface area contributed by atoms with Crippen LogP contribution in [0.3, 0.4) is 0 Å². The lowest BCUT2D eigenvalue weighted by molar-refractivity contribution is -0.139. The summed E-state index contributed by atoms with van der Waals surface area (Å²) in [6.45, 7) is 0. The zero-order valence-corrected chi connectivity index (χ0v) is 6.36. The van der Waals surface area contributed by atoms with Crippen molar-refractivity contribution in [2.75, 3.05) is 0 Å². The number of aliphatic carboxylic acids is 1. The summed E-state index contributed by atoms with van der Waals surface area (Å²) >= 11 is 0. The van der Waals surface area contributed by atoms with Crippen LogP contribution in [0.4, 0.5) is 0 Å². The number of carboxylic acid groups (broad SMARTS) is 1. The van der Waals surface area contributed by atoms with E-state index in [-0.39, 0.29) is 5.92 Å². The third-order valence-electron chi connectivity index (χ3n) is 2.10. The lowest BCUT2D eigenvalue weighted by atomic mass is 9.88. The van der Waals surface area contributed by atoms with Crippen LogP contribution in [0.2, 0.25) is 0 Å². The molecule has 1 rings (SSSR count). The van der Waals surface area contributed by atoms with Crippen molar-refractivity contribution in [3.05, 3.63) is 12.2 Å². The number of hydrogen-bond donors (Lipinski definition) is 2. The number of nitrogens with two attached hydrogens (primary N) is 1. The number of carbonyl (C=O) groups is 1. The third kappa shape index (κ3) is 2.05. The van der Waals surface area contributed by atoms with Gasteiger partial charge in [0, 0.05) is 0 Å². The van der Waals surface area contributed by atoms with E-state index in [1.807, 2.05) is 6.08 Å². The first-order valence-electron chi connectivity index (χ1n) is 3.85. The highest BCUT2D eigenvalue weighted by Crippen LogP contribution is 2.20. The smallest absolute Gasteiger partial charge is 0.320 e. The SMILES string of the molecule is N[C@H](C(=O)O)[C@H]1CC=CCC1. The van der Waals surface area contributed by atoms with Gasteiger partial charge >= 0.3 is 5.97 Å². The van der Waals surface area contributed by atoms with E-state index in [1.54, 1.807) is 0 Å². The first-order chi connectivity index (χ1) is 5.22. The highest BCUT2D eigenvalue weighted by Gasteiger charge is 2.23. The Balaban J connectivity index is 2.46. The van der Waals surface area contributed by atoms with E-state index >= 15 is 0 Å². The van der Waals surface area contributed by atoms with Crippen LogP contribution in [0.15, 0.2) is 12.2 Å². The molecule has 0 radical (unpaired) electrons. The van der Waals surface area contributed by atoms with Crippen molar-refractivity contribution in [1.29, 1.82) is 0 Å². The van der Waals surface area contributed by atoms with Gasteiger partial charge in [-0.1, -0.05) is 12.2 Å². The molecule has 0 saturated heterocycles. The number of carboxylic acids is 1. The Hall–Kier alpha value is -0.830. The summed E-state index contributed by atoms with van der Waals surface area (Å²) in [5.74, 6) is -0.747. The predicted octanol–water partition coefficient (Wildman–Crippen LogP) is 0.755. The molecule has 0 aromatic rings. The molecule has 1 aliphatic carbocycles. The van der Waals surface area contributed by atoms with Crippen LogP contribution in [0.25, 0.3) is 0 Å².